The average molecular weight is 565 g/mol. The highest BCUT2D eigenvalue weighted by Crippen LogP contribution is 2.40. The molecule has 1 aliphatic rings. The molecule has 39 heavy (non-hydrogen) atoms. The summed E-state index contributed by atoms with van der Waals surface area (Å²) in [5.74, 6) is -3.11. The van der Waals surface area contributed by atoms with Crippen LogP contribution in [0.5, 0.6) is 5.75 Å². The number of hydrogen-bond acceptors (Lipinski definition) is 7. The van der Waals surface area contributed by atoms with Crippen LogP contribution in [0.25, 0.3) is 10.9 Å². The normalized spacial score (nSPS) is 16.4. The van der Waals surface area contributed by atoms with Crippen LogP contribution < -0.4 is 4.74 Å². The largest absolute Gasteiger partial charge is 0.497 e. The molecule has 2 aromatic carbocycles. The van der Waals surface area contributed by atoms with E-state index >= 15 is 0 Å². The minimum absolute atomic E-state index is 0.0955. The van der Waals surface area contributed by atoms with Crippen LogP contribution in [0.1, 0.15) is 42.9 Å². The number of halogens is 3. The van der Waals surface area contributed by atoms with E-state index in [9.17, 15) is 33.3 Å². The Morgan fingerprint density at radius 3 is 2.62 bits per heavy atom. The molecule has 1 aliphatic heterocycles. The van der Waals surface area contributed by atoms with E-state index in [1.54, 1.807) is 18.2 Å². The predicted molar refractivity (Wildman–Crippen MR) is 141 cm³/mol. The molecular weight excluding hydrogens is 533 g/mol. The topological polar surface area (TPSA) is 103 Å². The molecule has 2 heterocycles. The number of likely N-dealkylation sites (tertiary alicyclic amines) is 1. The van der Waals surface area contributed by atoms with Crippen molar-refractivity contribution in [2.45, 2.75) is 43.3 Å². The molecule has 3 aromatic rings. The minimum atomic E-state index is -1.23. The van der Waals surface area contributed by atoms with Gasteiger partial charge in [0.15, 0.2) is 11.6 Å². The first-order valence-electron chi connectivity index (χ1n) is 12.6. The summed E-state index contributed by atoms with van der Waals surface area (Å²) in [5, 5.41) is 31.8. The van der Waals surface area contributed by atoms with Gasteiger partial charge in [0.2, 0.25) is 0 Å². The molecule has 210 valence electrons. The van der Waals surface area contributed by atoms with Crippen molar-refractivity contribution in [3.05, 3.63) is 65.1 Å². The number of carbonyl (C=O) groups is 1. The van der Waals surface area contributed by atoms with Gasteiger partial charge in [0.05, 0.1) is 30.8 Å². The fourth-order valence-corrected chi connectivity index (χ4v) is 6.12. The van der Waals surface area contributed by atoms with E-state index in [-0.39, 0.29) is 24.3 Å². The molecule has 1 saturated heterocycles. The smallest absolute Gasteiger partial charge is 0.309 e. The minimum Gasteiger partial charge on any atom is -0.497 e. The summed E-state index contributed by atoms with van der Waals surface area (Å²) >= 11 is 1.01. The lowest BCUT2D eigenvalue weighted by Crippen LogP contribution is -2.45. The number of rotatable bonds is 11. The zero-order valence-electron chi connectivity index (χ0n) is 21.5. The molecule has 1 atom stereocenters. The average Bonchev–Trinajstić information content (AvgIpc) is 2.93. The number of benzene rings is 2. The van der Waals surface area contributed by atoms with Crippen molar-refractivity contribution < 1.29 is 38.0 Å². The molecule has 0 bridgehead atoms. The zero-order chi connectivity index (χ0) is 28.2. The second kappa shape index (κ2) is 12.5. The Hall–Kier alpha value is -2.86. The highest BCUT2D eigenvalue weighted by Gasteiger charge is 2.41. The predicted octanol–water partition coefficient (Wildman–Crippen LogP) is 4.93. The lowest BCUT2D eigenvalue weighted by atomic mass is 9.74. The van der Waals surface area contributed by atoms with Gasteiger partial charge in [-0.05, 0) is 68.6 Å². The first-order chi connectivity index (χ1) is 18.7. The standard InChI is InChI=1S/C28H31F3N2O5S/c1-38-19-2-3-22-20(14-19)25(17(16-34)15-32-22)23(35)4-5-28(27(36)37)6-8-33(9-7-28)10-11-39-24-13-18(29)12-21(30)26(24)31/h2-3,12-15,23,34-35H,4-11,16H2,1H3,(H,36,37)/t23-/m0/s1. The quantitative estimate of drug-likeness (QED) is 0.223. The molecule has 1 aromatic heterocycles. The SMILES string of the molecule is COc1ccc2ncc(CO)c([C@@H](O)CCC3(C(=O)O)CCN(CCSc4cc(F)cc(F)c4F)CC3)c2c1. The van der Waals surface area contributed by atoms with Crippen LogP contribution >= 0.6 is 11.8 Å². The fourth-order valence-electron chi connectivity index (χ4n) is 5.13. The number of aliphatic carboxylic acids is 1. The second-order valence-electron chi connectivity index (χ2n) is 9.77. The molecule has 7 nitrogen and oxygen atoms in total. The number of aliphatic hydroxyl groups excluding tert-OH is 2. The number of nitrogens with zero attached hydrogens (tertiary/aromatic N) is 2. The van der Waals surface area contributed by atoms with Crippen LogP contribution in [0.4, 0.5) is 13.2 Å². The van der Waals surface area contributed by atoms with Crippen LogP contribution in [0.3, 0.4) is 0 Å². The van der Waals surface area contributed by atoms with E-state index in [1.807, 2.05) is 4.90 Å². The number of fused-ring (bicyclic) bond motifs is 1. The van der Waals surface area contributed by atoms with Crippen molar-refractivity contribution >= 4 is 28.6 Å². The third-order valence-electron chi connectivity index (χ3n) is 7.49. The lowest BCUT2D eigenvalue weighted by molar-refractivity contribution is -0.153. The molecule has 0 unspecified atom stereocenters. The Labute approximate surface area is 228 Å². The summed E-state index contributed by atoms with van der Waals surface area (Å²) in [6.45, 7) is 1.15. The number of pyridine rings is 1. The highest BCUT2D eigenvalue weighted by atomic mass is 32.2. The second-order valence-corrected chi connectivity index (χ2v) is 10.9. The van der Waals surface area contributed by atoms with Crippen LogP contribution in [-0.2, 0) is 11.4 Å². The van der Waals surface area contributed by atoms with Crippen molar-refractivity contribution in [2.24, 2.45) is 5.41 Å². The van der Waals surface area contributed by atoms with Crippen molar-refractivity contribution in [1.82, 2.24) is 9.88 Å². The number of carboxylic acid groups (broad SMARTS) is 1. The van der Waals surface area contributed by atoms with Crippen molar-refractivity contribution in [1.29, 1.82) is 0 Å². The Bertz CT molecular complexity index is 1330. The Morgan fingerprint density at radius 2 is 1.95 bits per heavy atom. The Kier molecular flexibility index (Phi) is 9.37. The van der Waals surface area contributed by atoms with Gasteiger partial charge in [-0.15, -0.1) is 11.8 Å². The van der Waals surface area contributed by atoms with Crippen LogP contribution in [-0.4, -0.2) is 63.7 Å². The van der Waals surface area contributed by atoms with E-state index in [0.717, 1.165) is 17.8 Å². The van der Waals surface area contributed by atoms with Gasteiger partial charge in [0, 0.05) is 40.4 Å². The number of thioether (sulfide) groups is 1. The highest BCUT2D eigenvalue weighted by molar-refractivity contribution is 7.99. The molecule has 0 amide bonds. The number of piperidine rings is 1. The molecule has 0 radical (unpaired) electrons. The van der Waals surface area contributed by atoms with Crippen LogP contribution in [0.2, 0.25) is 0 Å². The van der Waals surface area contributed by atoms with E-state index in [4.69, 9.17) is 4.74 Å². The first kappa shape index (κ1) is 29.1. The lowest BCUT2D eigenvalue weighted by Gasteiger charge is -2.39. The summed E-state index contributed by atoms with van der Waals surface area (Å²) in [4.78, 5) is 18.7. The maximum atomic E-state index is 13.9. The van der Waals surface area contributed by atoms with Gasteiger partial charge in [-0.25, -0.2) is 13.2 Å². The van der Waals surface area contributed by atoms with Crippen molar-refractivity contribution in [2.75, 3.05) is 32.5 Å². The van der Waals surface area contributed by atoms with E-state index < -0.39 is 34.9 Å². The van der Waals surface area contributed by atoms with Crippen LogP contribution in [0.15, 0.2) is 41.4 Å². The van der Waals surface area contributed by atoms with Crippen molar-refractivity contribution in [3.63, 3.8) is 0 Å². The summed E-state index contributed by atoms with van der Waals surface area (Å²) < 4.78 is 46.1. The van der Waals surface area contributed by atoms with Gasteiger partial charge in [0.25, 0.3) is 0 Å². The third kappa shape index (κ3) is 6.49. The summed E-state index contributed by atoms with van der Waals surface area (Å²) in [6.07, 6.45) is 1.63. The summed E-state index contributed by atoms with van der Waals surface area (Å²) in [6, 6.07) is 6.73. The van der Waals surface area contributed by atoms with Crippen molar-refractivity contribution in [3.8, 4) is 5.75 Å². The molecular formula is C28H31F3N2O5S. The Balaban J connectivity index is 1.39. The zero-order valence-corrected chi connectivity index (χ0v) is 22.3. The van der Waals surface area contributed by atoms with Crippen LogP contribution in [0, 0.1) is 22.9 Å². The van der Waals surface area contributed by atoms with Gasteiger partial charge in [0.1, 0.15) is 11.6 Å². The number of carboxylic acids is 1. The molecule has 0 aliphatic carbocycles. The Morgan fingerprint density at radius 1 is 1.21 bits per heavy atom. The first-order valence-corrected chi connectivity index (χ1v) is 13.6. The molecule has 3 N–H and O–H groups in total. The summed E-state index contributed by atoms with van der Waals surface area (Å²) in [7, 11) is 1.53. The van der Waals surface area contributed by atoms with Gasteiger partial charge < -0.3 is 25.0 Å². The number of aliphatic hydroxyl groups is 2. The molecule has 0 spiro atoms. The maximum Gasteiger partial charge on any atom is 0.309 e. The fraction of sp³-hybridized carbons (Fsp3) is 0.429. The molecule has 0 saturated carbocycles. The number of ether oxygens (including phenoxy) is 1. The van der Waals surface area contributed by atoms with Gasteiger partial charge >= 0.3 is 5.97 Å². The third-order valence-corrected chi connectivity index (χ3v) is 8.49. The number of hydrogen-bond donors (Lipinski definition) is 3. The van der Waals surface area contributed by atoms with Gasteiger partial charge in [-0.1, -0.05) is 0 Å². The van der Waals surface area contributed by atoms with Gasteiger partial charge in [-0.3, -0.25) is 9.78 Å². The number of methoxy groups -OCH3 is 1. The van der Waals surface area contributed by atoms with Gasteiger partial charge in [-0.2, -0.15) is 0 Å². The molecule has 11 heteroatoms. The van der Waals surface area contributed by atoms with E-state index in [0.29, 0.717) is 72.1 Å². The van der Waals surface area contributed by atoms with E-state index in [2.05, 4.69) is 4.98 Å². The molecule has 1 fully saturated rings. The monoisotopic (exact) mass is 564 g/mol. The number of aromatic nitrogens is 1. The van der Waals surface area contributed by atoms with E-state index in [1.165, 1.54) is 13.3 Å². The summed E-state index contributed by atoms with van der Waals surface area (Å²) in [5.41, 5.74) is 0.580. The molecule has 4 rings (SSSR count). The maximum absolute atomic E-state index is 13.9.